The fourth-order valence-corrected chi connectivity index (χ4v) is 5.57. The first kappa shape index (κ1) is 29.0. The largest absolute Gasteiger partial charge is 0.501 e. The highest BCUT2D eigenvalue weighted by molar-refractivity contribution is 6.60. The van der Waals surface area contributed by atoms with Gasteiger partial charge in [-0.1, -0.05) is 51.9 Å². The van der Waals surface area contributed by atoms with Gasteiger partial charge in [0.05, 0.1) is 39.6 Å². The first-order valence-corrected chi connectivity index (χ1v) is 13.8. The number of unbranched alkanes of at least 4 members (excludes halogenated alkanes) is 7. The quantitative estimate of drug-likeness (QED) is 0.153. The van der Waals surface area contributed by atoms with Crippen LogP contribution in [0.15, 0.2) is 0 Å². The van der Waals surface area contributed by atoms with Gasteiger partial charge in [-0.05, 0) is 27.2 Å². The average Bonchev–Trinajstić information content (AvgIpc) is 2.73. The summed E-state index contributed by atoms with van der Waals surface area (Å²) in [6.45, 7) is 13.5. The molecule has 0 amide bonds. The van der Waals surface area contributed by atoms with Gasteiger partial charge >= 0.3 is 8.80 Å². The van der Waals surface area contributed by atoms with E-state index in [2.05, 4.69) is 6.92 Å². The van der Waals surface area contributed by atoms with E-state index in [-0.39, 0.29) is 0 Å². The summed E-state index contributed by atoms with van der Waals surface area (Å²) < 4.78 is 35.0. The molecule has 0 aliphatic heterocycles. The zero-order valence-corrected chi connectivity index (χ0v) is 20.7. The second kappa shape index (κ2) is 22.7. The molecule has 0 aliphatic carbocycles. The molecule has 0 rings (SSSR count). The Labute approximate surface area is 181 Å². The Morgan fingerprint density at radius 3 is 1.21 bits per heavy atom. The van der Waals surface area contributed by atoms with Gasteiger partial charge in [0.1, 0.15) is 0 Å². The molecule has 0 unspecified atom stereocenters. The van der Waals surface area contributed by atoms with Crippen molar-refractivity contribution < 1.29 is 27.5 Å². The summed E-state index contributed by atoms with van der Waals surface area (Å²) in [5.74, 6) is 0. The molecule has 0 heterocycles. The molecule has 0 radical (unpaired) electrons. The summed E-state index contributed by atoms with van der Waals surface area (Å²) in [5.41, 5.74) is 0. The summed E-state index contributed by atoms with van der Waals surface area (Å²) in [4.78, 5) is 0. The summed E-state index contributed by atoms with van der Waals surface area (Å²) in [6, 6.07) is 0.840. The molecule has 0 aromatic carbocycles. The van der Waals surface area contributed by atoms with Crippen LogP contribution in [0, 0.1) is 0 Å². The standard InChI is InChI=1S/C22H48O6Si/c1-5-9-10-11-12-13-14-15-22-29(26-19-16-23-6-2,27-20-17-24-7-3)28-21-18-25-8-4/h5-22H2,1-4H3. The van der Waals surface area contributed by atoms with Crippen molar-refractivity contribution in [2.24, 2.45) is 0 Å². The maximum Gasteiger partial charge on any atom is 0.501 e. The van der Waals surface area contributed by atoms with Crippen LogP contribution in [0.5, 0.6) is 0 Å². The highest BCUT2D eigenvalue weighted by atomic mass is 28.4. The van der Waals surface area contributed by atoms with E-state index < -0.39 is 8.80 Å². The van der Waals surface area contributed by atoms with E-state index in [0.717, 1.165) is 12.5 Å². The Hall–Kier alpha value is -0.0231. The molecule has 0 fully saturated rings. The topological polar surface area (TPSA) is 55.4 Å². The number of hydrogen-bond donors (Lipinski definition) is 0. The van der Waals surface area contributed by atoms with Gasteiger partial charge in [-0.25, -0.2) is 0 Å². The maximum atomic E-state index is 6.21. The van der Waals surface area contributed by atoms with Crippen LogP contribution in [0.1, 0.15) is 79.1 Å². The van der Waals surface area contributed by atoms with Gasteiger partial charge in [0.25, 0.3) is 0 Å². The monoisotopic (exact) mass is 436 g/mol. The Kier molecular flexibility index (Phi) is 22.6. The third kappa shape index (κ3) is 18.5. The molecule has 176 valence electrons. The Bertz CT molecular complexity index is 288. The van der Waals surface area contributed by atoms with E-state index in [1.807, 2.05) is 20.8 Å². The molecule has 0 aromatic heterocycles. The van der Waals surface area contributed by atoms with Crippen molar-refractivity contribution in [3.05, 3.63) is 0 Å². The van der Waals surface area contributed by atoms with Gasteiger partial charge < -0.3 is 27.5 Å². The van der Waals surface area contributed by atoms with E-state index in [9.17, 15) is 0 Å². The zero-order valence-electron chi connectivity index (χ0n) is 19.7. The summed E-state index contributed by atoms with van der Waals surface area (Å²) in [5, 5.41) is 0. The van der Waals surface area contributed by atoms with Gasteiger partial charge in [0, 0.05) is 25.9 Å². The van der Waals surface area contributed by atoms with Gasteiger partial charge in [-0.15, -0.1) is 0 Å². The fourth-order valence-electron chi connectivity index (χ4n) is 3.02. The molecule has 0 N–H and O–H groups in total. The van der Waals surface area contributed by atoms with Gasteiger partial charge in [-0.2, -0.15) is 0 Å². The Morgan fingerprint density at radius 2 is 0.828 bits per heavy atom. The smallest absolute Gasteiger partial charge is 0.379 e. The molecular formula is C22H48O6Si. The lowest BCUT2D eigenvalue weighted by molar-refractivity contribution is 0.00318. The lowest BCUT2D eigenvalue weighted by atomic mass is 10.1. The van der Waals surface area contributed by atoms with Crippen molar-refractivity contribution in [3.63, 3.8) is 0 Å². The van der Waals surface area contributed by atoms with Gasteiger partial charge in [0.2, 0.25) is 0 Å². The molecule has 0 bridgehead atoms. The van der Waals surface area contributed by atoms with Crippen LogP contribution in [-0.4, -0.2) is 68.3 Å². The predicted octanol–water partition coefficient (Wildman–Crippen LogP) is 5.23. The Morgan fingerprint density at radius 1 is 0.448 bits per heavy atom. The fraction of sp³-hybridized carbons (Fsp3) is 1.00. The minimum atomic E-state index is -2.77. The van der Waals surface area contributed by atoms with Crippen molar-refractivity contribution in [3.8, 4) is 0 Å². The summed E-state index contributed by atoms with van der Waals surface area (Å²) in [7, 11) is -2.77. The van der Waals surface area contributed by atoms with Crippen LogP contribution in [-0.2, 0) is 27.5 Å². The Balaban J connectivity index is 4.54. The highest BCUT2D eigenvalue weighted by Gasteiger charge is 2.40. The minimum Gasteiger partial charge on any atom is -0.379 e. The van der Waals surface area contributed by atoms with E-state index in [0.29, 0.717) is 59.5 Å². The normalized spacial score (nSPS) is 12.0. The number of ether oxygens (including phenoxy) is 3. The van der Waals surface area contributed by atoms with Crippen LogP contribution >= 0.6 is 0 Å². The lowest BCUT2D eigenvalue weighted by Gasteiger charge is -2.30. The molecule has 0 saturated carbocycles. The van der Waals surface area contributed by atoms with Crippen LogP contribution in [0.25, 0.3) is 0 Å². The van der Waals surface area contributed by atoms with Crippen molar-refractivity contribution in [1.29, 1.82) is 0 Å². The molecule has 0 atom stereocenters. The summed E-state index contributed by atoms with van der Waals surface area (Å²) >= 11 is 0. The zero-order chi connectivity index (χ0) is 21.5. The van der Waals surface area contributed by atoms with E-state index in [1.54, 1.807) is 0 Å². The van der Waals surface area contributed by atoms with E-state index >= 15 is 0 Å². The highest BCUT2D eigenvalue weighted by Crippen LogP contribution is 2.21. The minimum absolute atomic E-state index is 0.500. The molecule has 7 heteroatoms. The molecule has 6 nitrogen and oxygen atoms in total. The van der Waals surface area contributed by atoms with Crippen molar-refractivity contribution in [2.75, 3.05) is 59.5 Å². The summed E-state index contributed by atoms with van der Waals surface area (Å²) in [6.07, 6.45) is 10.2. The third-order valence-electron chi connectivity index (χ3n) is 4.60. The first-order valence-electron chi connectivity index (χ1n) is 11.9. The average molecular weight is 437 g/mol. The maximum absolute atomic E-state index is 6.21. The first-order chi connectivity index (χ1) is 14.2. The van der Waals surface area contributed by atoms with Gasteiger partial charge in [-0.3, -0.25) is 0 Å². The number of rotatable bonds is 24. The van der Waals surface area contributed by atoms with Crippen LogP contribution in [0.2, 0.25) is 6.04 Å². The molecule has 0 aliphatic rings. The van der Waals surface area contributed by atoms with Crippen molar-refractivity contribution in [1.82, 2.24) is 0 Å². The second-order valence-corrected chi connectivity index (χ2v) is 9.78. The second-order valence-electron chi connectivity index (χ2n) is 7.04. The molecule has 29 heavy (non-hydrogen) atoms. The van der Waals surface area contributed by atoms with Crippen molar-refractivity contribution in [2.45, 2.75) is 85.1 Å². The molecule has 0 aromatic rings. The van der Waals surface area contributed by atoms with Crippen LogP contribution in [0.3, 0.4) is 0 Å². The van der Waals surface area contributed by atoms with Crippen molar-refractivity contribution >= 4 is 8.80 Å². The SMILES string of the molecule is CCCCCCCCCC[Si](OCCOCC)(OCCOCC)OCCOCC. The molecule has 0 saturated heterocycles. The third-order valence-corrected chi connectivity index (χ3v) is 7.50. The number of hydrogen-bond acceptors (Lipinski definition) is 6. The molecular weight excluding hydrogens is 388 g/mol. The van der Waals surface area contributed by atoms with Gasteiger partial charge in [0.15, 0.2) is 0 Å². The van der Waals surface area contributed by atoms with Crippen LogP contribution < -0.4 is 0 Å². The predicted molar refractivity (Wildman–Crippen MR) is 121 cm³/mol. The molecule has 0 spiro atoms. The lowest BCUT2D eigenvalue weighted by Crippen LogP contribution is -2.48. The van der Waals surface area contributed by atoms with E-state index in [4.69, 9.17) is 27.5 Å². The van der Waals surface area contributed by atoms with E-state index in [1.165, 1.54) is 44.9 Å². The van der Waals surface area contributed by atoms with Crippen LogP contribution in [0.4, 0.5) is 0 Å².